The third kappa shape index (κ3) is 3.79. The van der Waals surface area contributed by atoms with Crippen molar-refractivity contribution in [1.29, 1.82) is 0 Å². The minimum atomic E-state index is -0.451. The second kappa shape index (κ2) is 5.25. The number of carbonyl (C=O) groups excluding carboxylic acids is 1. The molecule has 0 bridgehead atoms. The molecule has 0 saturated carbocycles. The fourth-order valence-corrected chi connectivity index (χ4v) is 1.23. The highest BCUT2D eigenvalue weighted by molar-refractivity contribution is 6.44. The van der Waals surface area contributed by atoms with Crippen molar-refractivity contribution >= 4 is 29.0 Å². The standard InChI is InChI=1S/C10H10Cl2O/c11-10(12)7-6-9(13)8-4-2-1-3-5-8/h1-5,10H,6-7H2. The summed E-state index contributed by atoms with van der Waals surface area (Å²) in [5.41, 5.74) is 0.719. The molecule has 13 heavy (non-hydrogen) atoms. The summed E-state index contributed by atoms with van der Waals surface area (Å²) in [4.78, 5) is 11.0. The molecule has 1 rings (SSSR count). The molecular formula is C10H10Cl2O. The maximum Gasteiger partial charge on any atom is 0.162 e. The molecule has 0 aliphatic rings. The number of hydrogen-bond acceptors (Lipinski definition) is 1. The highest BCUT2D eigenvalue weighted by atomic mass is 35.5. The Kier molecular flexibility index (Phi) is 4.26. The predicted octanol–water partition coefficient (Wildman–Crippen LogP) is 3.45. The molecule has 0 radical (unpaired) electrons. The van der Waals surface area contributed by atoms with E-state index in [2.05, 4.69) is 0 Å². The van der Waals surface area contributed by atoms with Crippen LogP contribution in [0.25, 0.3) is 0 Å². The van der Waals surface area contributed by atoms with Crippen LogP contribution in [0.5, 0.6) is 0 Å². The van der Waals surface area contributed by atoms with Gasteiger partial charge in [0, 0.05) is 12.0 Å². The van der Waals surface area contributed by atoms with Crippen LogP contribution in [0.4, 0.5) is 0 Å². The fourth-order valence-electron chi connectivity index (χ4n) is 1.01. The molecule has 0 N–H and O–H groups in total. The quantitative estimate of drug-likeness (QED) is 0.557. The average molecular weight is 217 g/mol. The van der Waals surface area contributed by atoms with Gasteiger partial charge in [-0.15, -0.1) is 23.2 Å². The molecule has 70 valence electrons. The molecule has 3 heteroatoms. The van der Waals surface area contributed by atoms with Crippen molar-refractivity contribution < 1.29 is 4.79 Å². The van der Waals surface area contributed by atoms with Crippen molar-refractivity contribution in [3.05, 3.63) is 35.9 Å². The molecule has 0 aliphatic carbocycles. The molecule has 0 aliphatic heterocycles. The Hall–Kier alpha value is -0.530. The van der Waals surface area contributed by atoms with Crippen LogP contribution in [0, 0.1) is 0 Å². The van der Waals surface area contributed by atoms with E-state index in [1.54, 1.807) is 12.1 Å². The van der Waals surface area contributed by atoms with Gasteiger partial charge in [0.15, 0.2) is 5.78 Å². The van der Waals surface area contributed by atoms with Crippen LogP contribution in [-0.4, -0.2) is 10.6 Å². The SMILES string of the molecule is O=C(CCC(Cl)Cl)c1ccccc1. The zero-order chi connectivity index (χ0) is 9.68. The Morgan fingerprint density at radius 3 is 2.38 bits per heavy atom. The summed E-state index contributed by atoms with van der Waals surface area (Å²) in [5.74, 6) is 0.0897. The minimum Gasteiger partial charge on any atom is -0.294 e. The molecule has 0 atom stereocenters. The first-order valence-electron chi connectivity index (χ1n) is 4.06. The van der Waals surface area contributed by atoms with Gasteiger partial charge in [-0.05, 0) is 6.42 Å². The van der Waals surface area contributed by atoms with Gasteiger partial charge < -0.3 is 0 Å². The van der Waals surface area contributed by atoms with Crippen LogP contribution in [0.15, 0.2) is 30.3 Å². The molecule has 1 aromatic carbocycles. The van der Waals surface area contributed by atoms with Crippen LogP contribution in [0.2, 0.25) is 0 Å². The van der Waals surface area contributed by atoms with Crippen LogP contribution >= 0.6 is 23.2 Å². The lowest BCUT2D eigenvalue weighted by Gasteiger charge is -2.00. The van der Waals surface area contributed by atoms with Crippen molar-refractivity contribution in [1.82, 2.24) is 0 Å². The van der Waals surface area contributed by atoms with E-state index in [-0.39, 0.29) is 5.78 Å². The Morgan fingerprint density at radius 1 is 1.23 bits per heavy atom. The van der Waals surface area contributed by atoms with Gasteiger partial charge in [0.2, 0.25) is 0 Å². The molecule has 0 aromatic heterocycles. The van der Waals surface area contributed by atoms with E-state index in [0.29, 0.717) is 12.8 Å². The van der Waals surface area contributed by atoms with E-state index in [4.69, 9.17) is 23.2 Å². The van der Waals surface area contributed by atoms with Gasteiger partial charge in [-0.25, -0.2) is 0 Å². The van der Waals surface area contributed by atoms with E-state index in [1.165, 1.54) is 0 Å². The van der Waals surface area contributed by atoms with Crippen molar-refractivity contribution in [2.24, 2.45) is 0 Å². The lowest BCUT2D eigenvalue weighted by atomic mass is 10.1. The number of halogens is 2. The van der Waals surface area contributed by atoms with Gasteiger partial charge >= 0.3 is 0 Å². The Morgan fingerprint density at radius 2 is 1.85 bits per heavy atom. The molecular weight excluding hydrogens is 207 g/mol. The van der Waals surface area contributed by atoms with Gasteiger partial charge in [-0.2, -0.15) is 0 Å². The van der Waals surface area contributed by atoms with Crippen LogP contribution in [0.1, 0.15) is 23.2 Å². The zero-order valence-electron chi connectivity index (χ0n) is 7.04. The maximum absolute atomic E-state index is 11.4. The van der Waals surface area contributed by atoms with E-state index >= 15 is 0 Å². The lowest BCUT2D eigenvalue weighted by Crippen LogP contribution is -2.00. The summed E-state index contributed by atoms with van der Waals surface area (Å²) in [6.07, 6.45) is 0.915. The van der Waals surface area contributed by atoms with Crippen molar-refractivity contribution in [3.8, 4) is 0 Å². The van der Waals surface area contributed by atoms with Gasteiger partial charge in [0.25, 0.3) is 0 Å². The Labute approximate surface area is 87.7 Å². The van der Waals surface area contributed by atoms with Crippen LogP contribution in [-0.2, 0) is 0 Å². The Balaban J connectivity index is 2.50. The van der Waals surface area contributed by atoms with Crippen LogP contribution < -0.4 is 0 Å². The van der Waals surface area contributed by atoms with Crippen molar-refractivity contribution in [2.45, 2.75) is 17.7 Å². The third-order valence-electron chi connectivity index (χ3n) is 1.69. The molecule has 0 spiro atoms. The smallest absolute Gasteiger partial charge is 0.162 e. The van der Waals surface area contributed by atoms with Gasteiger partial charge in [-0.3, -0.25) is 4.79 Å². The second-order valence-electron chi connectivity index (χ2n) is 2.72. The van der Waals surface area contributed by atoms with Crippen LogP contribution in [0.3, 0.4) is 0 Å². The topological polar surface area (TPSA) is 17.1 Å². The zero-order valence-corrected chi connectivity index (χ0v) is 8.55. The summed E-state index contributed by atoms with van der Waals surface area (Å²) in [5, 5.41) is 0. The minimum absolute atomic E-state index is 0.0897. The number of alkyl halides is 2. The average Bonchev–Trinajstić information content (AvgIpc) is 2.15. The molecule has 0 amide bonds. The number of Topliss-reactive ketones (excluding diaryl/α,β-unsaturated/α-hetero) is 1. The number of ketones is 1. The predicted molar refractivity (Wildman–Crippen MR) is 55.5 cm³/mol. The molecule has 0 saturated heterocycles. The first-order valence-corrected chi connectivity index (χ1v) is 4.94. The van der Waals surface area contributed by atoms with Crippen molar-refractivity contribution in [2.75, 3.05) is 0 Å². The largest absolute Gasteiger partial charge is 0.294 e. The summed E-state index contributed by atoms with van der Waals surface area (Å²) in [6, 6.07) is 9.14. The molecule has 1 nitrogen and oxygen atoms in total. The number of benzene rings is 1. The summed E-state index contributed by atoms with van der Waals surface area (Å²) in [6.45, 7) is 0. The molecule has 0 heterocycles. The van der Waals surface area contributed by atoms with Gasteiger partial charge in [0.1, 0.15) is 4.84 Å². The highest BCUT2D eigenvalue weighted by Gasteiger charge is 2.07. The van der Waals surface area contributed by atoms with Gasteiger partial charge in [-0.1, -0.05) is 30.3 Å². The monoisotopic (exact) mass is 216 g/mol. The van der Waals surface area contributed by atoms with Crippen molar-refractivity contribution in [3.63, 3.8) is 0 Å². The first kappa shape index (κ1) is 10.6. The summed E-state index contributed by atoms with van der Waals surface area (Å²) >= 11 is 11.0. The summed E-state index contributed by atoms with van der Waals surface area (Å²) in [7, 11) is 0. The van der Waals surface area contributed by atoms with E-state index in [9.17, 15) is 4.79 Å². The lowest BCUT2D eigenvalue weighted by molar-refractivity contribution is 0.0981. The number of carbonyl (C=O) groups is 1. The normalized spacial score (nSPS) is 10.4. The van der Waals surface area contributed by atoms with Gasteiger partial charge in [0.05, 0.1) is 0 Å². The molecule has 1 aromatic rings. The Bertz CT molecular complexity index is 270. The number of hydrogen-bond donors (Lipinski definition) is 0. The molecule has 0 unspecified atom stereocenters. The van der Waals surface area contributed by atoms with E-state index in [1.807, 2.05) is 18.2 Å². The summed E-state index contributed by atoms with van der Waals surface area (Å²) < 4.78 is 0. The third-order valence-corrected chi connectivity index (χ3v) is 2.12. The number of rotatable bonds is 4. The van der Waals surface area contributed by atoms with E-state index in [0.717, 1.165) is 5.56 Å². The first-order chi connectivity index (χ1) is 6.20. The fraction of sp³-hybridized carbons (Fsp3) is 0.300. The molecule has 0 fully saturated rings. The highest BCUT2D eigenvalue weighted by Crippen LogP contribution is 2.12. The van der Waals surface area contributed by atoms with E-state index < -0.39 is 4.84 Å². The second-order valence-corrected chi connectivity index (χ2v) is 4.00. The maximum atomic E-state index is 11.4.